The van der Waals surface area contributed by atoms with Crippen LogP contribution in [-0.4, -0.2) is 64.3 Å². The molecule has 1 aromatic heterocycles. The highest BCUT2D eigenvalue weighted by molar-refractivity contribution is 7.11. The van der Waals surface area contributed by atoms with Crippen molar-refractivity contribution >= 4 is 29.0 Å². The molecule has 0 radical (unpaired) electrons. The lowest BCUT2D eigenvalue weighted by Gasteiger charge is -2.30. The summed E-state index contributed by atoms with van der Waals surface area (Å²) in [5.74, 6) is -6.39. The Hall–Kier alpha value is -3.25. The van der Waals surface area contributed by atoms with Crippen LogP contribution in [0.2, 0.25) is 0 Å². The molecule has 2 aromatic rings. The molecule has 1 aromatic carbocycles. The summed E-state index contributed by atoms with van der Waals surface area (Å²) in [5.41, 5.74) is 0.489. The van der Waals surface area contributed by atoms with E-state index in [1.54, 1.807) is 17.6 Å². The summed E-state index contributed by atoms with van der Waals surface area (Å²) in [6.07, 6.45) is 1.55. The number of carboxylic acids is 1. The van der Waals surface area contributed by atoms with Crippen molar-refractivity contribution in [3.05, 3.63) is 63.0 Å². The minimum Gasteiger partial charge on any atom is -0.478 e. The Morgan fingerprint density at radius 1 is 1.38 bits per heavy atom. The van der Waals surface area contributed by atoms with Gasteiger partial charge in [0.25, 0.3) is 5.92 Å². The van der Waals surface area contributed by atoms with Crippen molar-refractivity contribution in [1.82, 2.24) is 20.5 Å². The Bertz CT molecular complexity index is 1230. The summed E-state index contributed by atoms with van der Waals surface area (Å²) in [7, 11) is 0. The van der Waals surface area contributed by atoms with Gasteiger partial charge in [0.15, 0.2) is 10.8 Å². The zero-order chi connectivity index (χ0) is 24.2. The number of fused-ring (bicyclic) bond motifs is 1. The van der Waals surface area contributed by atoms with E-state index in [9.17, 15) is 27.9 Å². The van der Waals surface area contributed by atoms with Crippen LogP contribution < -0.4 is 10.6 Å². The van der Waals surface area contributed by atoms with E-state index in [4.69, 9.17) is 0 Å². The molecule has 2 fully saturated rings. The normalized spacial score (nSPS) is 26.2. The molecule has 34 heavy (non-hydrogen) atoms. The molecule has 3 aliphatic rings. The smallest absolute Gasteiger partial charge is 0.335 e. The van der Waals surface area contributed by atoms with Crippen molar-refractivity contribution in [3.8, 4) is 0 Å². The molecule has 5 rings (SSSR count). The highest BCUT2D eigenvalue weighted by Crippen LogP contribution is 2.41. The van der Waals surface area contributed by atoms with Crippen LogP contribution >= 0.6 is 11.3 Å². The van der Waals surface area contributed by atoms with Crippen LogP contribution in [0.15, 0.2) is 46.0 Å². The molecule has 3 aliphatic heterocycles. The quantitative estimate of drug-likeness (QED) is 0.592. The van der Waals surface area contributed by atoms with Gasteiger partial charge < -0.3 is 15.7 Å². The van der Waals surface area contributed by atoms with Crippen LogP contribution in [0, 0.1) is 18.7 Å². The fourth-order valence-corrected chi connectivity index (χ4v) is 5.41. The highest BCUT2D eigenvalue weighted by atomic mass is 32.1. The van der Waals surface area contributed by atoms with Gasteiger partial charge in [-0.15, -0.1) is 11.3 Å². The third-order valence-corrected chi connectivity index (χ3v) is 7.23. The fourth-order valence-electron chi connectivity index (χ4n) is 4.82. The number of carboxylic acid groups (broad SMARTS) is 1. The number of alkyl halides is 2. The van der Waals surface area contributed by atoms with Crippen LogP contribution in [0.3, 0.4) is 0 Å². The Labute approximate surface area is 196 Å². The van der Waals surface area contributed by atoms with Crippen LogP contribution in [-0.2, 0) is 9.59 Å². The van der Waals surface area contributed by atoms with Gasteiger partial charge in [-0.1, -0.05) is 12.1 Å². The Morgan fingerprint density at radius 2 is 2.18 bits per heavy atom. The molecule has 4 heterocycles. The number of nitrogens with zero attached hydrogens (tertiary/aromatic N) is 3. The van der Waals surface area contributed by atoms with E-state index in [0.717, 1.165) is 0 Å². The van der Waals surface area contributed by atoms with Crippen molar-refractivity contribution in [2.24, 2.45) is 10.9 Å². The average Bonchev–Trinajstić information content (AvgIpc) is 3.49. The number of thiazole rings is 1. The highest BCUT2D eigenvalue weighted by Gasteiger charge is 2.59. The molecule has 0 bridgehead atoms. The summed E-state index contributed by atoms with van der Waals surface area (Å²) in [5, 5.41) is 17.7. The first-order valence-electron chi connectivity index (χ1n) is 10.5. The molecule has 178 valence electrons. The second-order valence-corrected chi connectivity index (χ2v) is 9.35. The van der Waals surface area contributed by atoms with E-state index < -0.39 is 48.2 Å². The fraction of sp³-hybridized carbons (Fsp3) is 0.364. The van der Waals surface area contributed by atoms with Gasteiger partial charge in [0.2, 0.25) is 5.91 Å². The lowest BCUT2D eigenvalue weighted by molar-refractivity contribution is -0.133. The number of halogens is 3. The minimum atomic E-state index is -3.10. The second-order valence-electron chi connectivity index (χ2n) is 8.46. The number of carbonyl (C=O) groups excluding carboxylic acids is 1. The molecule has 0 saturated carbocycles. The number of amides is 1. The molecule has 3 N–H and O–H groups in total. The van der Waals surface area contributed by atoms with E-state index >= 15 is 0 Å². The van der Waals surface area contributed by atoms with Crippen LogP contribution in [0.1, 0.15) is 22.2 Å². The summed E-state index contributed by atoms with van der Waals surface area (Å²) in [6, 6.07) is 2.14. The first kappa shape index (κ1) is 22.5. The number of likely N-dealkylation sites (tertiary alicyclic amines) is 1. The summed E-state index contributed by atoms with van der Waals surface area (Å²) < 4.78 is 43.6. The SMILES string of the molecule is Cc1c(F)cccc1[C@@H]1N=C(c2nccs2)NC(CN2CC(F)(F)C3CNC(=O)C32)=C1C(=O)O. The van der Waals surface area contributed by atoms with E-state index in [1.165, 1.54) is 35.3 Å². The average molecular weight is 491 g/mol. The largest absolute Gasteiger partial charge is 0.478 e. The molecule has 3 atom stereocenters. The topological polar surface area (TPSA) is 107 Å². The lowest BCUT2D eigenvalue weighted by atomic mass is 9.92. The summed E-state index contributed by atoms with van der Waals surface area (Å²) >= 11 is 1.26. The van der Waals surface area contributed by atoms with Gasteiger partial charge in [-0.3, -0.25) is 14.7 Å². The zero-order valence-corrected chi connectivity index (χ0v) is 18.7. The lowest BCUT2D eigenvalue weighted by Crippen LogP contribution is -2.44. The number of hydrogen-bond acceptors (Lipinski definition) is 7. The number of aromatic nitrogens is 1. The first-order valence-corrected chi connectivity index (χ1v) is 11.4. The number of aliphatic imine (C=N–C) groups is 1. The third kappa shape index (κ3) is 3.66. The van der Waals surface area contributed by atoms with Gasteiger partial charge in [-0.2, -0.15) is 0 Å². The second kappa shape index (κ2) is 8.20. The van der Waals surface area contributed by atoms with Crippen molar-refractivity contribution in [1.29, 1.82) is 0 Å². The molecule has 1 amide bonds. The number of benzene rings is 1. The van der Waals surface area contributed by atoms with Gasteiger partial charge in [-0.05, 0) is 24.1 Å². The number of nitrogens with one attached hydrogen (secondary N) is 2. The van der Waals surface area contributed by atoms with Crippen LogP contribution in [0.4, 0.5) is 13.2 Å². The summed E-state index contributed by atoms with van der Waals surface area (Å²) in [4.78, 5) is 34.8. The van der Waals surface area contributed by atoms with Gasteiger partial charge in [0.05, 0.1) is 18.0 Å². The number of amidine groups is 1. The van der Waals surface area contributed by atoms with E-state index in [2.05, 4.69) is 20.6 Å². The van der Waals surface area contributed by atoms with E-state index in [0.29, 0.717) is 10.6 Å². The number of rotatable bonds is 5. The minimum absolute atomic E-state index is 0.109. The van der Waals surface area contributed by atoms with E-state index in [-0.39, 0.29) is 35.8 Å². The maximum atomic E-state index is 14.6. The molecule has 0 spiro atoms. The number of hydrogen-bond donors (Lipinski definition) is 3. The monoisotopic (exact) mass is 491 g/mol. The predicted octanol–water partition coefficient (Wildman–Crippen LogP) is 2.09. The summed E-state index contributed by atoms with van der Waals surface area (Å²) in [6.45, 7) is 0.462. The Kier molecular flexibility index (Phi) is 5.44. The molecular weight excluding hydrogens is 471 g/mol. The van der Waals surface area contributed by atoms with Crippen molar-refractivity contribution in [2.75, 3.05) is 19.6 Å². The van der Waals surface area contributed by atoms with Gasteiger partial charge in [-0.25, -0.2) is 22.9 Å². The van der Waals surface area contributed by atoms with Gasteiger partial charge in [0.1, 0.15) is 17.9 Å². The predicted molar refractivity (Wildman–Crippen MR) is 117 cm³/mol. The molecular formula is C22H20F3N5O3S. The van der Waals surface area contributed by atoms with Gasteiger partial charge >= 0.3 is 5.97 Å². The van der Waals surface area contributed by atoms with Crippen molar-refractivity contribution < 1.29 is 27.9 Å². The number of carbonyl (C=O) groups is 2. The van der Waals surface area contributed by atoms with Crippen molar-refractivity contribution in [2.45, 2.75) is 24.9 Å². The molecule has 2 saturated heterocycles. The molecule has 2 unspecified atom stereocenters. The van der Waals surface area contributed by atoms with Crippen LogP contribution in [0.5, 0.6) is 0 Å². The standard InChI is InChI=1S/C22H20F3N5O3S/c1-10-11(3-2-4-13(10)23)16-15(21(32)33)14(28-18(29-16)20-26-5-6-34-20)8-30-9-22(24,25)12-7-27-19(31)17(12)30/h2-6,12,16-17H,7-9H2,1H3,(H,27,31)(H,28,29)(H,32,33)/t12?,16-,17?/m0/s1. The maximum Gasteiger partial charge on any atom is 0.335 e. The van der Waals surface area contributed by atoms with Crippen LogP contribution in [0.25, 0.3) is 0 Å². The molecule has 8 nitrogen and oxygen atoms in total. The molecule has 0 aliphatic carbocycles. The molecule has 12 heteroatoms. The van der Waals surface area contributed by atoms with E-state index in [1.807, 2.05) is 0 Å². The first-order chi connectivity index (χ1) is 16.2. The Morgan fingerprint density at radius 3 is 2.88 bits per heavy atom. The maximum absolute atomic E-state index is 14.6. The number of aliphatic carboxylic acids is 1. The third-order valence-electron chi connectivity index (χ3n) is 6.45. The van der Waals surface area contributed by atoms with Crippen molar-refractivity contribution in [3.63, 3.8) is 0 Å². The van der Waals surface area contributed by atoms with Gasteiger partial charge in [0, 0.05) is 30.4 Å². The Balaban J connectivity index is 1.61. The zero-order valence-electron chi connectivity index (χ0n) is 17.9.